The molecule has 0 spiro atoms. The summed E-state index contributed by atoms with van der Waals surface area (Å²) >= 11 is 0. The summed E-state index contributed by atoms with van der Waals surface area (Å²) in [5.74, 6) is 1.48. The van der Waals surface area contributed by atoms with Gasteiger partial charge in [0.2, 0.25) is 0 Å². The SMILES string of the molecule is CCS(=O)(=O)CCNC(=NC)Nc1cccc(OCCCOC)c1.I. The summed E-state index contributed by atoms with van der Waals surface area (Å²) in [5.41, 5.74) is 0.811. The van der Waals surface area contributed by atoms with Gasteiger partial charge < -0.3 is 20.1 Å². The number of anilines is 1. The van der Waals surface area contributed by atoms with Crippen LogP contribution >= 0.6 is 24.0 Å². The Morgan fingerprint density at radius 2 is 2.04 bits per heavy atom. The first-order valence-electron chi connectivity index (χ1n) is 7.90. The largest absolute Gasteiger partial charge is 0.493 e. The molecule has 2 N–H and O–H groups in total. The first kappa shape index (κ1) is 23.9. The van der Waals surface area contributed by atoms with Crippen LogP contribution in [0.25, 0.3) is 0 Å². The summed E-state index contributed by atoms with van der Waals surface area (Å²) in [4.78, 5) is 4.09. The van der Waals surface area contributed by atoms with E-state index >= 15 is 0 Å². The third-order valence-corrected chi connectivity index (χ3v) is 4.93. The number of hydrogen-bond acceptors (Lipinski definition) is 5. The van der Waals surface area contributed by atoms with Crippen LogP contribution < -0.4 is 15.4 Å². The Balaban J connectivity index is 0.00000576. The van der Waals surface area contributed by atoms with E-state index in [9.17, 15) is 8.42 Å². The Kier molecular flexibility index (Phi) is 12.6. The monoisotopic (exact) mass is 485 g/mol. The van der Waals surface area contributed by atoms with E-state index in [0.29, 0.717) is 25.7 Å². The lowest BCUT2D eigenvalue weighted by molar-refractivity contribution is 0.172. The lowest BCUT2D eigenvalue weighted by Crippen LogP contribution is -2.34. The van der Waals surface area contributed by atoms with Crippen molar-refractivity contribution in [2.45, 2.75) is 13.3 Å². The number of rotatable bonds is 10. The maximum absolute atomic E-state index is 11.5. The van der Waals surface area contributed by atoms with Crippen LogP contribution in [-0.4, -0.2) is 59.8 Å². The molecule has 1 aromatic rings. The summed E-state index contributed by atoms with van der Waals surface area (Å²) in [5, 5.41) is 6.10. The molecule has 0 fully saturated rings. The molecule has 1 aromatic carbocycles. The van der Waals surface area contributed by atoms with Gasteiger partial charge in [0.05, 0.1) is 12.4 Å². The molecule has 0 heterocycles. The molecule has 25 heavy (non-hydrogen) atoms. The smallest absolute Gasteiger partial charge is 0.195 e. The highest BCUT2D eigenvalue weighted by Gasteiger charge is 2.07. The first-order valence-corrected chi connectivity index (χ1v) is 9.72. The quantitative estimate of drug-likeness (QED) is 0.229. The number of methoxy groups -OCH3 is 1. The summed E-state index contributed by atoms with van der Waals surface area (Å²) in [7, 11) is 0.302. The second kappa shape index (κ2) is 13.2. The average Bonchev–Trinajstić information content (AvgIpc) is 2.58. The molecule has 0 saturated heterocycles. The molecular weight excluding hydrogens is 457 g/mol. The van der Waals surface area contributed by atoms with Crippen LogP contribution in [0.5, 0.6) is 5.75 Å². The summed E-state index contributed by atoms with van der Waals surface area (Å²) in [6.07, 6.45) is 0.823. The molecule has 9 heteroatoms. The Bertz CT molecular complexity index is 624. The standard InChI is InChI=1S/C16H27N3O4S.HI/c1-4-24(20,21)12-9-18-16(17-2)19-14-7-5-8-15(13-14)23-11-6-10-22-3;/h5,7-8,13H,4,6,9-12H2,1-3H3,(H2,17,18,19);1H. The van der Waals surface area contributed by atoms with Crippen molar-refractivity contribution in [3.63, 3.8) is 0 Å². The van der Waals surface area contributed by atoms with E-state index < -0.39 is 9.84 Å². The Morgan fingerprint density at radius 1 is 1.28 bits per heavy atom. The molecule has 0 aromatic heterocycles. The molecule has 0 unspecified atom stereocenters. The van der Waals surface area contributed by atoms with E-state index in [2.05, 4.69) is 15.6 Å². The Labute approximate surface area is 167 Å². The zero-order valence-electron chi connectivity index (χ0n) is 14.9. The highest BCUT2D eigenvalue weighted by molar-refractivity contribution is 14.0. The molecule has 7 nitrogen and oxygen atoms in total. The van der Waals surface area contributed by atoms with E-state index in [1.54, 1.807) is 21.1 Å². The van der Waals surface area contributed by atoms with Gasteiger partial charge in [-0.05, 0) is 12.1 Å². The Hall–Kier alpha value is -1.07. The number of aliphatic imine (C=N–C) groups is 1. The van der Waals surface area contributed by atoms with E-state index in [4.69, 9.17) is 9.47 Å². The molecule has 144 valence electrons. The third-order valence-electron chi connectivity index (χ3n) is 3.23. The van der Waals surface area contributed by atoms with E-state index in [1.165, 1.54) is 0 Å². The summed E-state index contributed by atoms with van der Waals surface area (Å²) < 4.78 is 33.6. The minimum absolute atomic E-state index is 0. The zero-order chi connectivity index (χ0) is 17.8. The fraction of sp³-hybridized carbons (Fsp3) is 0.562. The molecule has 0 radical (unpaired) electrons. The van der Waals surface area contributed by atoms with Gasteiger partial charge in [0.15, 0.2) is 15.8 Å². The van der Waals surface area contributed by atoms with Crippen molar-refractivity contribution in [3.05, 3.63) is 24.3 Å². The Morgan fingerprint density at radius 3 is 2.68 bits per heavy atom. The lowest BCUT2D eigenvalue weighted by Gasteiger charge is -2.13. The third kappa shape index (κ3) is 10.5. The number of ether oxygens (including phenoxy) is 2. The van der Waals surface area contributed by atoms with Crippen molar-refractivity contribution in [1.82, 2.24) is 5.32 Å². The van der Waals surface area contributed by atoms with Gasteiger partial charge in [-0.1, -0.05) is 13.0 Å². The van der Waals surface area contributed by atoms with Gasteiger partial charge in [-0.2, -0.15) is 0 Å². The maximum Gasteiger partial charge on any atom is 0.195 e. The lowest BCUT2D eigenvalue weighted by atomic mass is 10.3. The van der Waals surface area contributed by atoms with Crippen LogP contribution in [0.15, 0.2) is 29.3 Å². The molecule has 1 rings (SSSR count). The van der Waals surface area contributed by atoms with Gasteiger partial charge in [0, 0.05) is 51.2 Å². The topological polar surface area (TPSA) is 89.0 Å². The van der Waals surface area contributed by atoms with Crippen molar-refractivity contribution < 1.29 is 17.9 Å². The summed E-state index contributed by atoms with van der Waals surface area (Å²) in [6.45, 7) is 3.19. The highest BCUT2D eigenvalue weighted by atomic mass is 127. The maximum atomic E-state index is 11.5. The van der Waals surface area contributed by atoms with Gasteiger partial charge in [-0.25, -0.2) is 8.42 Å². The molecule has 0 amide bonds. The van der Waals surface area contributed by atoms with Crippen LogP contribution in [0, 0.1) is 0 Å². The molecule has 0 bridgehead atoms. The van der Waals surface area contributed by atoms with E-state index in [0.717, 1.165) is 17.9 Å². The van der Waals surface area contributed by atoms with Crippen LogP contribution in [0.3, 0.4) is 0 Å². The molecule has 0 aliphatic heterocycles. The molecule has 0 aliphatic carbocycles. The normalized spacial score (nSPS) is 11.6. The predicted octanol–water partition coefficient (Wildman–Crippen LogP) is 2.14. The number of guanidine groups is 1. The van der Waals surface area contributed by atoms with Crippen LogP contribution in [0.4, 0.5) is 5.69 Å². The number of halogens is 1. The number of sulfone groups is 1. The van der Waals surface area contributed by atoms with Gasteiger partial charge >= 0.3 is 0 Å². The summed E-state index contributed by atoms with van der Waals surface area (Å²) in [6, 6.07) is 7.50. The molecule has 0 atom stereocenters. The van der Waals surface area contributed by atoms with Gasteiger partial charge in [0.1, 0.15) is 5.75 Å². The van der Waals surface area contributed by atoms with Gasteiger partial charge in [-0.15, -0.1) is 24.0 Å². The van der Waals surface area contributed by atoms with Crippen LogP contribution in [-0.2, 0) is 14.6 Å². The van der Waals surface area contributed by atoms with Crippen molar-refractivity contribution in [3.8, 4) is 5.75 Å². The molecule has 0 aliphatic rings. The van der Waals surface area contributed by atoms with Crippen molar-refractivity contribution in [1.29, 1.82) is 0 Å². The fourth-order valence-electron chi connectivity index (χ4n) is 1.84. The van der Waals surface area contributed by atoms with Gasteiger partial charge in [0.25, 0.3) is 0 Å². The number of nitrogens with zero attached hydrogens (tertiary/aromatic N) is 1. The zero-order valence-corrected chi connectivity index (χ0v) is 18.1. The highest BCUT2D eigenvalue weighted by Crippen LogP contribution is 2.17. The van der Waals surface area contributed by atoms with Gasteiger partial charge in [-0.3, -0.25) is 4.99 Å². The molecular formula is C16H28IN3O4S. The number of benzene rings is 1. The van der Waals surface area contributed by atoms with Crippen molar-refractivity contribution in [2.75, 3.05) is 50.7 Å². The first-order chi connectivity index (χ1) is 11.5. The van der Waals surface area contributed by atoms with E-state index in [-0.39, 0.29) is 35.5 Å². The second-order valence-corrected chi connectivity index (χ2v) is 7.56. The number of hydrogen-bond donors (Lipinski definition) is 2. The fourth-order valence-corrected chi connectivity index (χ4v) is 2.54. The minimum Gasteiger partial charge on any atom is -0.493 e. The van der Waals surface area contributed by atoms with Crippen LogP contribution in [0.2, 0.25) is 0 Å². The predicted molar refractivity (Wildman–Crippen MR) is 113 cm³/mol. The average molecular weight is 485 g/mol. The number of nitrogens with one attached hydrogen (secondary N) is 2. The molecule has 0 saturated carbocycles. The van der Waals surface area contributed by atoms with Crippen molar-refractivity contribution >= 4 is 45.5 Å². The van der Waals surface area contributed by atoms with Crippen LogP contribution in [0.1, 0.15) is 13.3 Å². The van der Waals surface area contributed by atoms with E-state index in [1.807, 2.05) is 24.3 Å². The second-order valence-electron chi connectivity index (χ2n) is 5.08. The van der Waals surface area contributed by atoms with Crippen molar-refractivity contribution in [2.24, 2.45) is 4.99 Å². The minimum atomic E-state index is -2.99.